The SMILES string of the molecule is CCNCc1cnc(C)cc1N(C)C(C)C(C)(C)C. The first-order valence-corrected chi connectivity index (χ1v) is 7.16. The van der Waals surface area contributed by atoms with Gasteiger partial charge in [0.2, 0.25) is 0 Å². The van der Waals surface area contributed by atoms with E-state index in [2.05, 4.69) is 69.9 Å². The van der Waals surface area contributed by atoms with Crippen molar-refractivity contribution in [3.05, 3.63) is 23.5 Å². The van der Waals surface area contributed by atoms with Crippen LogP contribution in [-0.2, 0) is 6.54 Å². The number of aryl methyl sites for hydroxylation is 1. The maximum absolute atomic E-state index is 4.43. The van der Waals surface area contributed by atoms with Crippen LogP contribution >= 0.6 is 0 Å². The lowest BCUT2D eigenvalue weighted by molar-refractivity contribution is 0.329. The summed E-state index contributed by atoms with van der Waals surface area (Å²) in [5.41, 5.74) is 3.88. The molecule has 1 unspecified atom stereocenters. The van der Waals surface area contributed by atoms with Gasteiger partial charge < -0.3 is 10.2 Å². The summed E-state index contributed by atoms with van der Waals surface area (Å²) in [7, 11) is 2.18. The Labute approximate surface area is 118 Å². The molecule has 0 aromatic carbocycles. The lowest BCUT2D eigenvalue weighted by Gasteiger charge is -2.38. The predicted octanol–water partition coefficient (Wildman–Crippen LogP) is 3.37. The molecule has 3 heteroatoms. The smallest absolute Gasteiger partial charge is 0.0445 e. The Kier molecular flexibility index (Phi) is 5.36. The Morgan fingerprint density at radius 3 is 2.53 bits per heavy atom. The van der Waals surface area contributed by atoms with Crippen molar-refractivity contribution in [3.63, 3.8) is 0 Å². The van der Waals surface area contributed by atoms with Crippen LogP contribution in [0.25, 0.3) is 0 Å². The van der Waals surface area contributed by atoms with Crippen LogP contribution in [0.3, 0.4) is 0 Å². The Bertz CT molecular complexity index is 407. The minimum atomic E-state index is 0.251. The molecule has 1 N–H and O–H groups in total. The topological polar surface area (TPSA) is 28.2 Å². The number of rotatable bonds is 5. The van der Waals surface area contributed by atoms with E-state index in [-0.39, 0.29) is 5.41 Å². The predicted molar refractivity (Wildman–Crippen MR) is 83.7 cm³/mol. The third-order valence-electron chi connectivity index (χ3n) is 3.88. The summed E-state index contributed by atoms with van der Waals surface area (Å²) < 4.78 is 0. The molecule has 0 fully saturated rings. The summed E-state index contributed by atoms with van der Waals surface area (Å²) in [6.45, 7) is 15.2. The largest absolute Gasteiger partial charge is 0.371 e. The lowest BCUT2D eigenvalue weighted by atomic mass is 9.86. The van der Waals surface area contributed by atoms with Crippen molar-refractivity contribution in [2.75, 3.05) is 18.5 Å². The highest BCUT2D eigenvalue weighted by atomic mass is 15.1. The van der Waals surface area contributed by atoms with E-state index in [1.807, 2.05) is 6.20 Å². The van der Waals surface area contributed by atoms with Crippen molar-refractivity contribution in [3.8, 4) is 0 Å². The van der Waals surface area contributed by atoms with Gasteiger partial charge in [0.05, 0.1) is 0 Å². The molecule has 19 heavy (non-hydrogen) atoms. The second kappa shape index (κ2) is 6.38. The van der Waals surface area contributed by atoms with E-state index >= 15 is 0 Å². The van der Waals surface area contributed by atoms with E-state index in [9.17, 15) is 0 Å². The van der Waals surface area contributed by atoms with Crippen LogP contribution in [0.2, 0.25) is 0 Å². The van der Waals surface area contributed by atoms with Crippen molar-refractivity contribution in [2.45, 2.75) is 54.1 Å². The van der Waals surface area contributed by atoms with Crippen LogP contribution in [0.1, 0.15) is 45.9 Å². The van der Waals surface area contributed by atoms with Gasteiger partial charge in [-0.15, -0.1) is 0 Å². The maximum atomic E-state index is 4.43. The first-order chi connectivity index (χ1) is 8.77. The molecule has 0 saturated carbocycles. The standard InChI is InChI=1S/C16H29N3/c1-8-17-10-14-11-18-12(2)9-15(14)19(7)13(3)16(4,5)6/h9,11,13,17H,8,10H2,1-7H3. The fourth-order valence-electron chi connectivity index (χ4n) is 2.09. The lowest BCUT2D eigenvalue weighted by Crippen LogP contribution is -2.40. The number of nitrogens with one attached hydrogen (secondary N) is 1. The van der Waals surface area contributed by atoms with E-state index in [1.54, 1.807) is 0 Å². The number of hydrogen-bond acceptors (Lipinski definition) is 3. The molecule has 0 spiro atoms. The summed E-state index contributed by atoms with van der Waals surface area (Å²) >= 11 is 0. The quantitative estimate of drug-likeness (QED) is 0.883. The first kappa shape index (κ1) is 16.0. The van der Waals surface area contributed by atoms with Gasteiger partial charge in [0.15, 0.2) is 0 Å². The number of aromatic nitrogens is 1. The minimum absolute atomic E-state index is 0.251. The highest BCUT2D eigenvalue weighted by Gasteiger charge is 2.25. The van der Waals surface area contributed by atoms with Crippen LogP contribution in [-0.4, -0.2) is 24.6 Å². The fourth-order valence-corrected chi connectivity index (χ4v) is 2.09. The van der Waals surface area contributed by atoms with Gasteiger partial charge in [-0.25, -0.2) is 0 Å². The molecule has 0 aliphatic carbocycles. The third kappa shape index (κ3) is 4.20. The van der Waals surface area contributed by atoms with Crippen molar-refractivity contribution < 1.29 is 0 Å². The Morgan fingerprint density at radius 2 is 2.00 bits per heavy atom. The van der Waals surface area contributed by atoms with Crippen molar-refractivity contribution in [1.82, 2.24) is 10.3 Å². The zero-order valence-corrected chi connectivity index (χ0v) is 13.5. The Hall–Kier alpha value is -1.09. The van der Waals surface area contributed by atoms with E-state index in [1.165, 1.54) is 11.3 Å². The van der Waals surface area contributed by atoms with E-state index in [4.69, 9.17) is 0 Å². The molecule has 1 rings (SSSR count). The summed E-state index contributed by atoms with van der Waals surface area (Å²) in [6.07, 6.45) is 2.00. The summed E-state index contributed by atoms with van der Waals surface area (Å²) in [6, 6.07) is 2.66. The second-order valence-corrected chi connectivity index (χ2v) is 6.39. The molecule has 0 bridgehead atoms. The fraction of sp³-hybridized carbons (Fsp3) is 0.688. The molecular formula is C16H29N3. The molecule has 1 heterocycles. The first-order valence-electron chi connectivity index (χ1n) is 7.16. The van der Waals surface area contributed by atoms with Crippen LogP contribution < -0.4 is 10.2 Å². The molecule has 3 nitrogen and oxygen atoms in total. The van der Waals surface area contributed by atoms with Gasteiger partial charge in [0.25, 0.3) is 0 Å². The molecule has 0 aliphatic heterocycles. The van der Waals surface area contributed by atoms with Gasteiger partial charge in [0, 0.05) is 42.8 Å². The highest BCUT2D eigenvalue weighted by Crippen LogP contribution is 2.29. The highest BCUT2D eigenvalue weighted by molar-refractivity contribution is 5.54. The zero-order chi connectivity index (χ0) is 14.6. The molecule has 0 amide bonds. The van der Waals surface area contributed by atoms with E-state index < -0.39 is 0 Å². The third-order valence-corrected chi connectivity index (χ3v) is 3.88. The van der Waals surface area contributed by atoms with Gasteiger partial charge in [-0.2, -0.15) is 0 Å². The van der Waals surface area contributed by atoms with Crippen LogP contribution in [0, 0.1) is 12.3 Å². The van der Waals surface area contributed by atoms with Gasteiger partial charge in [-0.1, -0.05) is 27.7 Å². The molecule has 0 radical (unpaired) electrons. The van der Waals surface area contributed by atoms with Gasteiger partial charge in [-0.05, 0) is 31.9 Å². The summed E-state index contributed by atoms with van der Waals surface area (Å²) in [4.78, 5) is 6.81. The van der Waals surface area contributed by atoms with Crippen molar-refractivity contribution >= 4 is 5.69 Å². The van der Waals surface area contributed by atoms with Crippen LogP contribution in [0.15, 0.2) is 12.3 Å². The number of hydrogen-bond donors (Lipinski definition) is 1. The van der Waals surface area contributed by atoms with Crippen LogP contribution in [0.4, 0.5) is 5.69 Å². The van der Waals surface area contributed by atoms with E-state index in [0.717, 1.165) is 18.8 Å². The van der Waals surface area contributed by atoms with Gasteiger partial charge in [0.1, 0.15) is 0 Å². The number of pyridine rings is 1. The van der Waals surface area contributed by atoms with Gasteiger partial charge >= 0.3 is 0 Å². The van der Waals surface area contributed by atoms with Gasteiger partial charge in [-0.3, -0.25) is 4.98 Å². The summed E-state index contributed by atoms with van der Waals surface area (Å²) in [5.74, 6) is 0. The number of anilines is 1. The van der Waals surface area contributed by atoms with E-state index in [0.29, 0.717) is 6.04 Å². The zero-order valence-electron chi connectivity index (χ0n) is 13.5. The Balaban J connectivity index is 3.06. The van der Waals surface area contributed by atoms with Crippen LogP contribution in [0.5, 0.6) is 0 Å². The molecule has 1 aromatic rings. The van der Waals surface area contributed by atoms with Crippen molar-refractivity contribution in [1.29, 1.82) is 0 Å². The monoisotopic (exact) mass is 263 g/mol. The minimum Gasteiger partial charge on any atom is -0.371 e. The normalized spacial score (nSPS) is 13.4. The second-order valence-electron chi connectivity index (χ2n) is 6.39. The van der Waals surface area contributed by atoms with Crippen molar-refractivity contribution in [2.24, 2.45) is 5.41 Å². The Morgan fingerprint density at radius 1 is 1.37 bits per heavy atom. The molecule has 0 aliphatic rings. The molecule has 0 saturated heterocycles. The maximum Gasteiger partial charge on any atom is 0.0445 e. The molecule has 1 aromatic heterocycles. The molecule has 108 valence electrons. The average Bonchev–Trinajstić information content (AvgIpc) is 2.34. The average molecular weight is 263 g/mol. The number of nitrogens with zero attached hydrogens (tertiary/aromatic N) is 2. The molecule has 1 atom stereocenters. The summed E-state index contributed by atoms with van der Waals surface area (Å²) in [5, 5.41) is 3.39. The molecular weight excluding hydrogens is 234 g/mol.